The van der Waals surface area contributed by atoms with Gasteiger partial charge in [-0.05, 0) is 28.5 Å². The number of hydrogen-bond donors (Lipinski definition) is 0. The van der Waals surface area contributed by atoms with E-state index in [0.717, 1.165) is 5.56 Å². The predicted octanol–water partition coefficient (Wildman–Crippen LogP) is 3.08. The fourth-order valence-electron chi connectivity index (χ4n) is 1.55. The molecule has 78 valence electrons. The van der Waals surface area contributed by atoms with E-state index in [-0.39, 0.29) is 0 Å². The summed E-state index contributed by atoms with van der Waals surface area (Å²) < 4.78 is 0. The number of aliphatic imine (C=N–C) groups is 1. The number of carbonyl (C=O) groups excluding carboxylic acids is 1. The standard InChI is InChI=1S/C14H11NO/c16-11-15-9-3-4-12-7-8-13-5-1-2-6-14(13)10-12/h1-11H/b4-3+,15-9+. The fourth-order valence-corrected chi connectivity index (χ4v) is 1.55. The maximum Gasteiger partial charge on any atom is 0.232 e. The van der Waals surface area contributed by atoms with E-state index in [2.05, 4.69) is 29.3 Å². The third kappa shape index (κ3) is 2.42. The first kappa shape index (κ1) is 10.3. The average Bonchev–Trinajstić information content (AvgIpc) is 2.34. The van der Waals surface area contributed by atoms with Crippen LogP contribution in [0.3, 0.4) is 0 Å². The molecule has 0 radical (unpaired) electrons. The highest BCUT2D eigenvalue weighted by Gasteiger charge is 1.91. The Morgan fingerprint density at radius 1 is 1.00 bits per heavy atom. The summed E-state index contributed by atoms with van der Waals surface area (Å²) in [6.07, 6.45) is 5.66. The van der Waals surface area contributed by atoms with Gasteiger partial charge in [-0.1, -0.05) is 42.5 Å². The van der Waals surface area contributed by atoms with Crippen LogP contribution in [0.4, 0.5) is 0 Å². The van der Waals surface area contributed by atoms with E-state index in [1.54, 1.807) is 6.08 Å². The first-order valence-corrected chi connectivity index (χ1v) is 5.02. The summed E-state index contributed by atoms with van der Waals surface area (Å²) in [6.45, 7) is 0. The quantitative estimate of drug-likeness (QED) is 0.564. The van der Waals surface area contributed by atoms with Crippen LogP contribution in [0.2, 0.25) is 0 Å². The summed E-state index contributed by atoms with van der Waals surface area (Å²) in [5.41, 5.74) is 1.09. The van der Waals surface area contributed by atoms with Crippen molar-refractivity contribution in [3.05, 3.63) is 54.1 Å². The minimum Gasteiger partial charge on any atom is -0.276 e. The molecule has 0 atom stereocenters. The van der Waals surface area contributed by atoms with Crippen molar-refractivity contribution >= 4 is 29.5 Å². The van der Waals surface area contributed by atoms with E-state index in [1.807, 2.05) is 24.3 Å². The zero-order chi connectivity index (χ0) is 11.2. The summed E-state index contributed by atoms with van der Waals surface area (Å²) in [5, 5.41) is 2.43. The Morgan fingerprint density at radius 2 is 1.81 bits per heavy atom. The third-order valence-electron chi connectivity index (χ3n) is 2.30. The summed E-state index contributed by atoms with van der Waals surface area (Å²) in [7, 11) is 0. The van der Waals surface area contributed by atoms with Gasteiger partial charge in [0.1, 0.15) is 0 Å². The molecular formula is C14H11NO. The summed E-state index contributed by atoms with van der Waals surface area (Å²) in [6, 6.07) is 14.4. The van der Waals surface area contributed by atoms with Gasteiger partial charge >= 0.3 is 0 Å². The van der Waals surface area contributed by atoms with Gasteiger partial charge in [-0.3, -0.25) is 4.79 Å². The number of allylic oxidation sites excluding steroid dienone is 1. The number of amides is 1. The second-order valence-corrected chi connectivity index (χ2v) is 3.37. The lowest BCUT2D eigenvalue weighted by Crippen LogP contribution is -1.75. The van der Waals surface area contributed by atoms with Crippen molar-refractivity contribution in [2.45, 2.75) is 0 Å². The molecular weight excluding hydrogens is 198 g/mol. The molecule has 0 saturated carbocycles. The second kappa shape index (κ2) is 5.03. The maximum atomic E-state index is 9.96. The minimum absolute atomic E-state index is 0.519. The Balaban J connectivity index is 2.29. The van der Waals surface area contributed by atoms with Crippen molar-refractivity contribution in [1.82, 2.24) is 0 Å². The van der Waals surface area contributed by atoms with Gasteiger partial charge in [-0.2, -0.15) is 0 Å². The van der Waals surface area contributed by atoms with Crippen LogP contribution in [0.1, 0.15) is 5.56 Å². The van der Waals surface area contributed by atoms with Crippen LogP contribution in [-0.2, 0) is 4.79 Å². The predicted molar refractivity (Wildman–Crippen MR) is 67.5 cm³/mol. The van der Waals surface area contributed by atoms with Crippen LogP contribution >= 0.6 is 0 Å². The van der Waals surface area contributed by atoms with Crippen LogP contribution in [0.15, 0.2) is 53.5 Å². The molecule has 0 aliphatic heterocycles. The monoisotopic (exact) mass is 209 g/mol. The van der Waals surface area contributed by atoms with Crippen molar-refractivity contribution in [2.24, 2.45) is 4.99 Å². The topological polar surface area (TPSA) is 29.4 Å². The van der Waals surface area contributed by atoms with E-state index >= 15 is 0 Å². The Morgan fingerprint density at radius 3 is 2.62 bits per heavy atom. The zero-order valence-electron chi connectivity index (χ0n) is 8.71. The summed E-state index contributed by atoms with van der Waals surface area (Å²) >= 11 is 0. The van der Waals surface area contributed by atoms with Crippen LogP contribution in [0, 0.1) is 0 Å². The zero-order valence-corrected chi connectivity index (χ0v) is 8.71. The lowest BCUT2D eigenvalue weighted by Gasteiger charge is -1.98. The largest absolute Gasteiger partial charge is 0.276 e. The van der Waals surface area contributed by atoms with E-state index in [4.69, 9.17) is 0 Å². The molecule has 0 unspecified atom stereocenters. The van der Waals surface area contributed by atoms with E-state index in [1.165, 1.54) is 17.0 Å². The van der Waals surface area contributed by atoms with Crippen molar-refractivity contribution < 1.29 is 4.79 Å². The van der Waals surface area contributed by atoms with Crippen LogP contribution < -0.4 is 0 Å². The SMILES string of the molecule is O=C/N=C/C=C/c1ccc2ccccc2c1. The number of hydrogen-bond acceptors (Lipinski definition) is 1. The van der Waals surface area contributed by atoms with Gasteiger partial charge in [-0.25, -0.2) is 4.99 Å². The number of rotatable bonds is 3. The van der Waals surface area contributed by atoms with Crippen molar-refractivity contribution in [3.63, 3.8) is 0 Å². The average molecular weight is 209 g/mol. The molecule has 0 N–H and O–H groups in total. The lowest BCUT2D eigenvalue weighted by atomic mass is 10.1. The number of benzene rings is 2. The highest BCUT2D eigenvalue weighted by Crippen LogP contribution is 2.16. The molecule has 0 aromatic heterocycles. The number of carbonyl (C=O) groups is 1. The first-order chi connectivity index (χ1) is 7.90. The molecule has 2 aromatic carbocycles. The lowest BCUT2D eigenvalue weighted by molar-refractivity contribution is -0.106. The molecule has 2 aromatic rings. The molecule has 0 spiro atoms. The molecule has 1 amide bonds. The molecule has 0 aliphatic rings. The maximum absolute atomic E-state index is 9.96. The second-order valence-electron chi connectivity index (χ2n) is 3.37. The minimum atomic E-state index is 0.519. The van der Waals surface area contributed by atoms with Crippen molar-refractivity contribution in [3.8, 4) is 0 Å². The van der Waals surface area contributed by atoms with Crippen LogP contribution in [0.25, 0.3) is 16.8 Å². The highest BCUT2D eigenvalue weighted by atomic mass is 16.1. The van der Waals surface area contributed by atoms with Gasteiger partial charge in [0, 0.05) is 6.21 Å². The molecule has 2 heteroatoms. The van der Waals surface area contributed by atoms with Gasteiger partial charge in [0.05, 0.1) is 0 Å². The molecule has 16 heavy (non-hydrogen) atoms. The molecule has 2 rings (SSSR count). The van der Waals surface area contributed by atoms with Gasteiger partial charge in [0.15, 0.2) is 0 Å². The number of fused-ring (bicyclic) bond motifs is 1. The molecule has 0 fully saturated rings. The van der Waals surface area contributed by atoms with Gasteiger partial charge in [0.25, 0.3) is 0 Å². The normalized spacial score (nSPS) is 11.5. The Bertz CT molecular complexity index is 555. The summed E-state index contributed by atoms with van der Waals surface area (Å²) in [4.78, 5) is 13.4. The van der Waals surface area contributed by atoms with Crippen LogP contribution in [-0.4, -0.2) is 12.6 Å². The summed E-state index contributed by atoms with van der Waals surface area (Å²) in [5.74, 6) is 0. The number of nitrogens with zero attached hydrogens (tertiary/aromatic N) is 1. The van der Waals surface area contributed by atoms with Gasteiger partial charge < -0.3 is 0 Å². The molecule has 0 bridgehead atoms. The fraction of sp³-hybridized carbons (Fsp3) is 0. The van der Waals surface area contributed by atoms with E-state index < -0.39 is 0 Å². The van der Waals surface area contributed by atoms with Crippen LogP contribution in [0.5, 0.6) is 0 Å². The molecule has 2 nitrogen and oxygen atoms in total. The Labute approximate surface area is 93.9 Å². The first-order valence-electron chi connectivity index (χ1n) is 5.02. The van der Waals surface area contributed by atoms with E-state index in [9.17, 15) is 4.79 Å². The van der Waals surface area contributed by atoms with E-state index in [0.29, 0.717) is 6.41 Å². The molecule has 0 saturated heterocycles. The Hall–Kier alpha value is -2.22. The highest BCUT2D eigenvalue weighted by molar-refractivity contribution is 5.87. The Kier molecular flexibility index (Phi) is 3.24. The van der Waals surface area contributed by atoms with Crippen molar-refractivity contribution in [2.75, 3.05) is 0 Å². The molecule has 0 aliphatic carbocycles. The van der Waals surface area contributed by atoms with Crippen molar-refractivity contribution in [1.29, 1.82) is 0 Å². The molecule has 0 heterocycles. The smallest absolute Gasteiger partial charge is 0.232 e. The van der Waals surface area contributed by atoms with Gasteiger partial charge in [-0.15, -0.1) is 0 Å². The third-order valence-corrected chi connectivity index (χ3v) is 2.30. The van der Waals surface area contributed by atoms with Gasteiger partial charge in [0.2, 0.25) is 6.41 Å².